The lowest BCUT2D eigenvalue weighted by molar-refractivity contribution is 0.317. The fourth-order valence-corrected chi connectivity index (χ4v) is 2.60. The molecular formula is C14H20N2. The molecule has 1 fully saturated rings. The van der Waals surface area contributed by atoms with Crippen LogP contribution in [0.4, 0.5) is 5.69 Å². The molecule has 0 saturated heterocycles. The summed E-state index contributed by atoms with van der Waals surface area (Å²) in [6, 6.07) is 9.50. The van der Waals surface area contributed by atoms with E-state index in [1.54, 1.807) is 0 Å². The van der Waals surface area contributed by atoms with Crippen LogP contribution in [-0.2, 0) is 6.42 Å². The molecule has 1 aromatic rings. The van der Waals surface area contributed by atoms with E-state index in [1.807, 2.05) is 0 Å². The number of fused-ring (bicyclic) bond motifs is 1. The van der Waals surface area contributed by atoms with Gasteiger partial charge in [-0.05, 0) is 36.8 Å². The fraction of sp³-hybridized carbons (Fsp3) is 0.571. The first-order chi connectivity index (χ1) is 7.92. The minimum Gasteiger partial charge on any atom is -0.384 e. The molecule has 86 valence electrons. The van der Waals surface area contributed by atoms with Gasteiger partial charge in [0.05, 0.1) is 0 Å². The molecule has 1 saturated carbocycles. The number of para-hydroxylation sites is 1. The van der Waals surface area contributed by atoms with Crippen molar-refractivity contribution in [2.45, 2.75) is 31.7 Å². The predicted molar refractivity (Wildman–Crippen MR) is 67.8 cm³/mol. The van der Waals surface area contributed by atoms with E-state index in [-0.39, 0.29) is 0 Å². The van der Waals surface area contributed by atoms with E-state index < -0.39 is 0 Å². The van der Waals surface area contributed by atoms with Gasteiger partial charge >= 0.3 is 0 Å². The van der Waals surface area contributed by atoms with Gasteiger partial charge in [0.1, 0.15) is 0 Å². The van der Waals surface area contributed by atoms with Crippen LogP contribution in [0.2, 0.25) is 0 Å². The first-order valence-corrected chi connectivity index (χ1v) is 6.47. The Morgan fingerprint density at radius 3 is 2.94 bits per heavy atom. The molecule has 0 spiro atoms. The Morgan fingerprint density at radius 2 is 2.12 bits per heavy atom. The zero-order valence-corrected chi connectivity index (χ0v) is 9.71. The van der Waals surface area contributed by atoms with Gasteiger partial charge in [0.15, 0.2) is 0 Å². The van der Waals surface area contributed by atoms with E-state index in [9.17, 15) is 0 Å². The second-order valence-corrected chi connectivity index (χ2v) is 5.14. The molecule has 1 unspecified atom stereocenters. The highest BCUT2D eigenvalue weighted by molar-refractivity contribution is 5.53. The molecule has 0 aromatic heterocycles. The lowest BCUT2D eigenvalue weighted by atomic mass is 9.90. The molecule has 16 heavy (non-hydrogen) atoms. The summed E-state index contributed by atoms with van der Waals surface area (Å²) < 4.78 is 0. The molecule has 0 radical (unpaired) electrons. The molecule has 1 heterocycles. The summed E-state index contributed by atoms with van der Waals surface area (Å²) in [4.78, 5) is 0. The third kappa shape index (κ3) is 2.07. The van der Waals surface area contributed by atoms with Crippen LogP contribution in [-0.4, -0.2) is 19.1 Å². The van der Waals surface area contributed by atoms with E-state index in [2.05, 4.69) is 34.9 Å². The molecular weight excluding hydrogens is 196 g/mol. The van der Waals surface area contributed by atoms with Gasteiger partial charge < -0.3 is 10.6 Å². The zero-order chi connectivity index (χ0) is 10.8. The summed E-state index contributed by atoms with van der Waals surface area (Å²) in [6.45, 7) is 2.29. The molecule has 2 heteroatoms. The molecule has 1 aliphatic heterocycles. The molecule has 0 bridgehead atoms. The van der Waals surface area contributed by atoms with Crippen LogP contribution < -0.4 is 10.6 Å². The SMILES string of the molecule is c1ccc2c(c1)CC(CNC1CCC1)CN2. The van der Waals surface area contributed by atoms with E-state index in [0.717, 1.165) is 18.5 Å². The number of hydrogen-bond acceptors (Lipinski definition) is 2. The molecule has 0 amide bonds. The first-order valence-electron chi connectivity index (χ1n) is 6.47. The molecule has 1 aromatic carbocycles. The topological polar surface area (TPSA) is 24.1 Å². The van der Waals surface area contributed by atoms with Crippen molar-refractivity contribution in [3.8, 4) is 0 Å². The third-order valence-corrected chi connectivity index (χ3v) is 3.91. The van der Waals surface area contributed by atoms with Gasteiger partial charge in [0.25, 0.3) is 0 Å². The maximum Gasteiger partial charge on any atom is 0.0372 e. The van der Waals surface area contributed by atoms with Gasteiger partial charge in [-0.2, -0.15) is 0 Å². The minimum atomic E-state index is 0.760. The largest absolute Gasteiger partial charge is 0.384 e. The zero-order valence-electron chi connectivity index (χ0n) is 9.71. The molecule has 1 aliphatic carbocycles. The second kappa shape index (κ2) is 4.46. The van der Waals surface area contributed by atoms with Crippen LogP contribution in [0, 0.1) is 5.92 Å². The van der Waals surface area contributed by atoms with Gasteiger partial charge in [-0.15, -0.1) is 0 Å². The predicted octanol–water partition coefficient (Wildman–Crippen LogP) is 2.41. The van der Waals surface area contributed by atoms with E-state index in [0.29, 0.717) is 0 Å². The summed E-state index contributed by atoms with van der Waals surface area (Å²) in [5.41, 5.74) is 2.82. The highest BCUT2D eigenvalue weighted by Crippen LogP contribution is 2.24. The van der Waals surface area contributed by atoms with Crippen LogP contribution >= 0.6 is 0 Å². The van der Waals surface area contributed by atoms with Crippen molar-refractivity contribution in [1.29, 1.82) is 0 Å². The Labute approximate surface area is 97.4 Å². The van der Waals surface area contributed by atoms with Gasteiger partial charge in [0.2, 0.25) is 0 Å². The lowest BCUT2D eigenvalue weighted by Crippen LogP contribution is -2.41. The second-order valence-electron chi connectivity index (χ2n) is 5.14. The van der Waals surface area contributed by atoms with Crippen molar-refractivity contribution < 1.29 is 0 Å². The van der Waals surface area contributed by atoms with Crippen molar-refractivity contribution >= 4 is 5.69 Å². The quantitative estimate of drug-likeness (QED) is 0.811. The Kier molecular flexibility index (Phi) is 2.83. The maximum atomic E-state index is 3.68. The van der Waals surface area contributed by atoms with Crippen LogP contribution in [0.1, 0.15) is 24.8 Å². The number of rotatable bonds is 3. The smallest absolute Gasteiger partial charge is 0.0372 e. The van der Waals surface area contributed by atoms with Crippen molar-refractivity contribution in [2.75, 3.05) is 18.4 Å². The van der Waals surface area contributed by atoms with Crippen LogP contribution in [0.15, 0.2) is 24.3 Å². The van der Waals surface area contributed by atoms with Crippen LogP contribution in [0.25, 0.3) is 0 Å². The van der Waals surface area contributed by atoms with Gasteiger partial charge in [-0.3, -0.25) is 0 Å². The van der Waals surface area contributed by atoms with E-state index in [4.69, 9.17) is 0 Å². The van der Waals surface area contributed by atoms with Gasteiger partial charge in [-0.1, -0.05) is 24.6 Å². The van der Waals surface area contributed by atoms with Gasteiger partial charge in [-0.25, -0.2) is 0 Å². The van der Waals surface area contributed by atoms with E-state index >= 15 is 0 Å². The summed E-state index contributed by atoms with van der Waals surface area (Å²) in [5.74, 6) is 0.760. The van der Waals surface area contributed by atoms with Crippen molar-refractivity contribution in [3.63, 3.8) is 0 Å². The van der Waals surface area contributed by atoms with Crippen molar-refractivity contribution in [2.24, 2.45) is 5.92 Å². The highest BCUT2D eigenvalue weighted by atomic mass is 15.0. The fourth-order valence-electron chi connectivity index (χ4n) is 2.60. The third-order valence-electron chi connectivity index (χ3n) is 3.91. The standard InChI is InChI=1S/C14H20N2/c1-2-7-14-12(4-1)8-11(10-16-14)9-15-13-5-3-6-13/h1-2,4,7,11,13,15-16H,3,5-6,8-10H2. The Hall–Kier alpha value is -1.02. The lowest BCUT2D eigenvalue weighted by Gasteiger charge is -2.31. The van der Waals surface area contributed by atoms with E-state index in [1.165, 1.54) is 43.5 Å². The summed E-state index contributed by atoms with van der Waals surface area (Å²) in [5, 5.41) is 7.21. The maximum absolute atomic E-state index is 3.68. The normalized spacial score (nSPS) is 24.4. The summed E-state index contributed by atoms with van der Waals surface area (Å²) in [7, 11) is 0. The first kappa shape index (κ1) is 10.2. The van der Waals surface area contributed by atoms with Crippen molar-refractivity contribution in [1.82, 2.24) is 5.32 Å². The Morgan fingerprint density at radius 1 is 1.25 bits per heavy atom. The van der Waals surface area contributed by atoms with Crippen LogP contribution in [0.5, 0.6) is 0 Å². The van der Waals surface area contributed by atoms with Crippen molar-refractivity contribution in [3.05, 3.63) is 29.8 Å². The average Bonchev–Trinajstić information content (AvgIpc) is 2.27. The number of anilines is 1. The minimum absolute atomic E-state index is 0.760. The molecule has 2 nitrogen and oxygen atoms in total. The molecule has 3 rings (SSSR count). The summed E-state index contributed by atoms with van der Waals surface area (Å²) in [6.07, 6.45) is 5.42. The molecule has 1 atom stereocenters. The molecule has 2 aliphatic rings. The highest BCUT2D eigenvalue weighted by Gasteiger charge is 2.21. The van der Waals surface area contributed by atoms with Gasteiger partial charge in [0, 0.05) is 24.8 Å². The summed E-state index contributed by atoms with van der Waals surface area (Å²) >= 11 is 0. The average molecular weight is 216 g/mol. The number of hydrogen-bond donors (Lipinski definition) is 2. The Bertz CT molecular complexity index is 358. The Balaban J connectivity index is 1.55. The number of benzene rings is 1. The molecule has 2 N–H and O–H groups in total. The van der Waals surface area contributed by atoms with Crippen LogP contribution in [0.3, 0.4) is 0 Å². The number of nitrogens with one attached hydrogen (secondary N) is 2. The monoisotopic (exact) mass is 216 g/mol.